The Kier molecular flexibility index (Phi) is 4.78. The Morgan fingerprint density at radius 1 is 1.00 bits per heavy atom. The van der Waals surface area contributed by atoms with Crippen molar-refractivity contribution in [3.05, 3.63) is 59.2 Å². The lowest BCUT2D eigenvalue weighted by Gasteiger charge is -2.11. The summed E-state index contributed by atoms with van der Waals surface area (Å²) in [5, 5.41) is 2.79. The summed E-state index contributed by atoms with van der Waals surface area (Å²) >= 11 is 0. The van der Waals surface area contributed by atoms with E-state index in [4.69, 9.17) is 4.74 Å². The molecule has 22 heavy (non-hydrogen) atoms. The topological polar surface area (TPSA) is 64.6 Å². The van der Waals surface area contributed by atoms with Gasteiger partial charge in [0.15, 0.2) is 0 Å². The van der Waals surface area contributed by atoms with E-state index in [1.165, 1.54) is 14.2 Å². The Morgan fingerprint density at radius 3 is 2.36 bits per heavy atom. The first-order valence-electron chi connectivity index (χ1n) is 6.70. The number of hydrogen-bond acceptors (Lipinski definition) is 4. The lowest BCUT2D eigenvalue weighted by atomic mass is 10.1. The van der Waals surface area contributed by atoms with Crippen LogP contribution in [0.15, 0.2) is 42.5 Å². The predicted octanol–water partition coefficient (Wildman–Crippen LogP) is 3.04. The summed E-state index contributed by atoms with van der Waals surface area (Å²) in [5.74, 6) is -0.367. The first kappa shape index (κ1) is 15.6. The highest BCUT2D eigenvalue weighted by molar-refractivity contribution is 6.05. The molecule has 0 aliphatic heterocycles. The van der Waals surface area contributed by atoms with Crippen LogP contribution in [0.1, 0.15) is 26.3 Å². The molecule has 0 aliphatic rings. The van der Waals surface area contributed by atoms with Crippen LogP contribution in [-0.2, 0) is 4.74 Å². The molecule has 2 aromatic rings. The molecule has 0 aliphatic carbocycles. The fourth-order valence-electron chi connectivity index (χ4n) is 2.07. The summed E-state index contributed by atoms with van der Waals surface area (Å²) in [6.07, 6.45) is 0. The van der Waals surface area contributed by atoms with Crippen LogP contribution in [0, 0.1) is 6.92 Å². The van der Waals surface area contributed by atoms with Crippen molar-refractivity contribution in [3.8, 4) is 5.75 Å². The number of anilines is 1. The molecule has 0 unspecified atom stereocenters. The molecule has 1 N–H and O–H groups in total. The van der Waals surface area contributed by atoms with E-state index in [9.17, 15) is 9.59 Å². The third kappa shape index (κ3) is 3.25. The molecule has 2 aromatic carbocycles. The second-order valence-electron chi connectivity index (χ2n) is 4.68. The predicted molar refractivity (Wildman–Crippen MR) is 83.5 cm³/mol. The molecule has 5 heteroatoms. The lowest BCUT2D eigenvalue weighted by Crippen LogP contribution is -2.13. The van der Waals surface area contributed by atoms with Crippen molar-refractivity contribution in [3.63, 3.8) is 0 Å². The van der Waals surface area contributed by atoms with Crippen LogP contribution in [-0.4, -0.2) is 26.1 Å². The molecule has 0 spiro atoms. The number of benzene rings is 2. The Hall–Kier alpha value is -2.82. The number of carbonyl (C=O) groups is 2. The summed E-state index contributed by atoms with van der Waals surface area (Å²) in [7, 11) is 2.75. The van der Waals surface area contributed by atoms with Crippen LogP contribution in [0.3, 0.4) is 0 Å². The van der Waals surface area contributed by atoms with E-state index in [1.54, 1.807) is 24.3 Å². The van der Waals surface area contributed by atoms with Gasteiger partial charge in [0.05, 0.1) is 14.2 Å². The second kappa shape index (κ2) is 6.76. The maximum absolute atomic E-state index is 12.3. The molecule has 0 saturated heterocycles. The SMILES string of the molecule is COC(=O)c1ccc(NC(=O)c2ccccc2C)cc1OC. The van der Waals surface area contributed by atoms with Crippen molar-refractivity contribution in [2.45, 2.75) is 6.92 Å². The summed E-state index contributed by atoms with van der Waals surface area (Å²) in [6, 6.07) is 12.1. The molecule has 114 valence electrons. The monoisotopic (exact) mass is 299 g/mol. The van der Waals surface area contributed by atoms with Gasteiger partial charge in [-0.1, -0.05) is 18.2 Å². The maximum atomic E-state index is 12.3. The Balaban J connectivity index is 2.25. The second-order valence-corrected chi connectivity index (χ2v) is 4.68. The van der Waals surface area contributed by atoms with Crippen LogP contribution < -0.4 is 10.1 Å². The molecule has 0 aromatic heterocycles. The van der Waals surface area contributed by atoms with Gasteiger partial charge in [-0.2, -0.15) is 0 Å². The van der Waals surface area contributed by atoms with E-state index in [0.29, 0.717) is 22.6 Å². The van der Waals surface area contributed by atoms with Gasteiger partial charge in [0.1, 0.15) is 11.3 Å². The molecule has 5 nitrogen and oxygen atoms in total. The first-order chi connectivity index (χ1) is 10.6. The van der Waals surface area contributed by atoms with Gasteiger partial charge in [-0.05, 0) is 30.7 Å². The number of ether oxygens (including phenoxy) is 2. The van der Waals surface area contributed by atoms with E-state index in [1.807, 2.05) is 25.1 Å². The number of aryl methyl sites for hydroxylation is 1. The summed E-state index contributed by atoms with van der Waals surface area (Å²) < 4.78 is 9.85. The van der Waals surface area contributed by atoms with Gasteiger partial charge in [0.2, 0.25) is 0 Å². The van der Waals surface area contributed by atoms with Crippen LogP contribution in [0.2, 0.25) is 0 Å². The first-order valence-corrected chi connectivity index (χ1v) is 6.70. The number of esters is 1. The number of rotatable bonds is 4. The molecular weight excluding hydrogens is 282 g/mol. The zero-order valence-corrected chi connectivity index (χ0v) is 12.7. The molecular formula is C17H17NO4. The van der Waals surface area contributed by atoms with Crippen molar-refractivity contribution in [1.82, 2.24) is 0 Å². The summed E-state index contributed by atoms with van der Waals surface area (Å²) in [6.45, 7) is 1.87. The molecule has 0 fully saturated rings. The van der Waals surface area contributed by atoms with Crippen LogP contribution in [0.4, 0.5) is 5.69 Å². The zero-order chi connectivity index (χ0) is 16.1. The van der Waals surface area contributed by atoms with E-state index in [0.717, 1.165) is 5.56 Å². The molecule has 0 atom stereocenters. The minimum Gasteiger partial charge on any atom is -0.496 e. The number of carbonyl (C=O) groups excluding carboxylic acids is 2. The van der Waals surface area contributed by atoms with Gasteiger partial charge >= 0.3 is 5.97 Å². The van der Waals surface area contributed by atoms with Crippen LogP contribution >= 0.6 is 0 Å². The average molecular weight is 299 g/mol. The zero-order valence-electron chi connectivity index (χ0n) is 12.7. The largest absolute Gasteiger partial charge is 0.496 e. The van der Waals surface area contributed by atoms with Crippen molar-refractivity contribution in [2.24, 2.45) is 0 Å². The van der Waals surface area contributed by atoms with Crippen LogP contribution in [0.5, 0.6) is 5.75 Å². The van der Waals surface area contributed by atoms with Crippen molar-refractivity contribution in [1.29, 1.82) is 0 Å². The normalized spacial score (nSPS) is 9.95. The quantitative estimate of drug-likeness (QED) is 0.881. The van der Waals surface area contributed by atoms with Gasteiger partial charge in [0.25, 0.3) is 5.91 Å². The Labute approximate surface area is 128 Å². The third-order valence-electron chi connectivity index (χ3n) is 3.25. The fraction of sp³-hybridized carbons (Fsp3) is 0.176. The highest BCUT2D eigenvalue weighted by atomic mass is 16.5. The fourth-order valence-corrected chi connectivity index (χ4v) is 2.07. The standard InChI is InChI=1S/C17H17NO4/c1-11-6-4-5-7-13(11)16(19)18-12-8-9-14(17(20)22-3)15(10-12)21-2/h4-10H,1-3H3,(H,18,19). The summed E-state index contributed by atoms with van der Waals surface area (Å²) in [4.78, 5) is 23.9. The van der Waals surface area contributed by atoms with Gasteiger partial charge in [-0.15, -0.1) is 0 Å². The minimum absolute atomic E-state index is 0.217. The number of amides is 1. The van der Waals surface area contributed by atoms with Gasteiger partial charge in [-0.3, -0.25) is 4.79 Å². The Morgan fingerprint density at radius 2 is 1.73 bits per heavy atom. The smallest absolute Gasteiger partial charge is 0.341 e. The average Bonchev–Trinajstić information content (AvgIpc) is 2.54. The van der Waals surface area contributed by atoms with E-state index in [-0.39, 0.29) is 5.91 Å². The molecule has 0 saturated carbocycles. The maximum Gasteiger partial charge on any atom is 0.341 e. The molecule has 0 radical (unpaired) electrons. The number of nitrogens with one attached hydrogen (secondary N) is 1. The van der Waals surface area contributed by atoms with Crippen molar-refractivity contribution >= 4 is 17.6 Å². The van der Waals surface area contributed by atoms with Crippen molar-refractivity contribution < 1.29 is 19.1 Å². The molecule has 0 bridgehead atoms. The van der Waals surface area contributed by atoms with E-state index >= 15 is 0 Å². The third-order valence-corrected chi connectivity index (χ3v) is 3.25. The highest BCUT2D eigenvalue weighted by Crippen LogP contribution is 2.24. The minimum atomic E-state index is -0.492. The van der Waals surface area contributed by atoms with Gasteiger partial charge < -0.3 is 14.8 Å². The molecule has 1 amide bonds. The highest BCUT2D eigenvalue weighted by Gasteiger charge is 2.15. The number of methoxy groups -OCH3 is 2. The molecule has 0 heterocycles. The lowest BCUT2D eigenvalue weighted by molar-refractivity contribution is 0.0597. The van der Waals surface area contributed by atoms with Gasteiger partial charge in [0, 0.05) is 17.3 Å². The number of hydrogen-bond donors (Lipinski definition) is 1. The van der Waals surface area contributed by atoms with E-state index in [2.05, 4.69) is 10.1 Å². The van der Waals surface area contributed by atoms with E-state index < -0.39 is 5.97 Å². The summed E-state index contributed by atoms with van der Waals surface area (Å²) in [5.41, 5.74) is 2.33. The van der Waals surface area contributed by atoms with Crippen LogP contribution in [0.25, 0.3) is 0 Å². The van der Waals surface area contributed by atoms with Crippen molar-refractivity contribution in [2.75, 3.05) is 19.5 Å². The Bertz CT molecular complexity index is 710. The van der Waals surface area contributed by atoms with Gasteiger partial charge in [-0.25, -0.2) is 4.79 Å². The molecule has 2 rings (SSSR count).